The summed E-state index contributed by atoms with van der Waals surface area (Å²) in [5, 5.41) is 0. The molecular formula is C26H39N2+. The number of aryl methyl sites for hydroxylation is 2. The number of piperidine rings is 1. The Bertz CT molecular complexity index is 675. The molecule has 3 atom stereocenters. The summed E-state index contributed by atoms with van der Waals surface area (Å²) in [5.74, 6) is 1.56. The van der Waals surface area contributed by atoms with Gasteiger partial charge < -0.3 is 4.90 Å². The molecule has 1 saturated heterocycles. The van der Waals surface area contributed by atoms with Gasteiger partial charge in [-0.1, -0.05) is 24.3 Å². The maximum atomic E-state index is 2.77. The highest BCUT2D eigenvalue weighted by Crippen LogP contribution is 2.36. The summed E-state index contributed by atoms with van der Waals surface area (Å²) in [6.07, 6.45) is 28.8. The Morgan fingerprint density at radius 3 is 2.54 bits per heavy atom. The van der Waals surface area contributed by atoms with E-state index in [1.54, 1.807) is 11.1 Å². The summed E-state index contributed by atoms with van der Waals surface area (Å²) in [7, 11) is 0. The van der Waals surface area contributed by atoms with Gasteiger partial charge in [0.2, 0.25) is 0 Å². The standard InChI is InChI=1S/C26H39N2/c1-3-7-11-16-27-18-15-26-24(21-27)14-10-6-2-4-8-12-17-28-20-23(13-9-5-1)19-25(26)22-28/h1-2,5-6,19-20,22,24,26H,3-4,7-18,21H2/q+1/b5-1-,6-2-/t24-,26-/m1/s1. The second kappa shape index (κ2) is 10.4. The van der Waals surface area contributed by atoms with Crippen molar-refractivity contribution < 1.29 is 4.57 Å². The van der Waals surface area contributed by atoms with Crippen molar-refractivity contribution in [1.29, 1.82) is 0 Å². The van der Waals surface area contributed by atoms with Crippen molar-refractivity contribution in [2.75, 3.05) is 19.6 Å². The third-order valence-corrected chi connectivity index (χ3v) is 7.01. The molecule has 6 bridgehead atoms. The number of hydrogen-bond donors (Lipinski definition) is 0. The predicted molar refractivity (Wildman–Crippen MR) is 117 cm³/mol. The molecule has 5 heterocycles. The van der Waals surface area contributed by atoms with Gasteiger partial charge in [0.25, 0.3) is 0 Å². The Hall–Kier alpha value is -1.41. The van der Waals surface area contributed by atoms with Crippen LogP contribution < -0.4 is 4.57 Å². The zero-order valence-corrected chi connectivity index (χ0v) is 17.7. The average Bonchev–Trinajstić information content (AvgIpc) is 2.71. The zero-order chi connectivity index (χ0) is 19.0. The van der Waals surface area contributed by atoms with Gasteiger partial charge in [-0.15, -0.1) is 0 Å². The Labute approximate surface area is 172 Å². The lowest BCUT2D eigenvalue weighted by atomic mass is 9.78. The van der Waals surface area contributed by atoms with E-state index in [-0.39, 0.29) is 0 Å². The fourth-order valence-corrected chi connectivity index (χ4v) is 5.43. The lowest BCUT2D eigenvalue weighted by Crippen LogP contribution is -2.41. The summed E-state index contributed by atoms with van der Waals surface area (Å²) in [6, 6.07) is 2.56. The van der Waals surface area contributed by atoms with E-state index in [2.05, 4.69) is 52.2 Å². The fraction of sp³-hybridized carbons (Fsp3) is 0.654. The van der Waals surface area contributed by atoms with Gasteiger partial charge in [-0.3, -0.25) is 0 Å². The molecule has 4 aliphatic rings. The van der Waals surface area contributed by atoms with Gasteiger partial charge in [-0.05, 0) is 95.2 Å². The van der Waals surface area contributed by atoms with E-state index in [1.807, 2.05) is 0 Å². The lowest BCUT2D eigenvalue weighted by molar-refractivity contribution is -0.698. The molecule has 1 unspecified atom stereocenters. The van der Waals surface area contributed by atoms with Crippen LogP contribution in [0.5, 0.6) is 0 Å². The van der Waals surface area contributed by atoms with E-state index < -0.39 is 0 Å². The number of hydrogen-bond acceptors (Lipinski definition) is 1. The minimum Gasteiger partial charge on any atom is -0.303 e. The molecule has 1 fully saturated rings. The van der Waals surface area contributed by atoms with Crippen LogP contribution in [0.2, 0.25) is 0 Å². The molecule has 0 saturated carbocycles. The minimum atomic E-state index is 0.747. The van der Waals surface area contributed by atoms with Crippen LogP contribution in [0.25, 0.3) is 0 Å². The van der Waals surface area contributed by atoms with Crippen LogP contribution >= 0.6 is 0 Å². The molecule has 1 aromatic rings. The van der Waals surface area contributed by atoms with Gasteiger partial charge in [0.15, 0.2) is 12.4 Å². The number of pyridine rings is 1. The molecule has 0 N–H and O–H groups in total. The van der Waals surface area contributed by atoms with Gasteiger partial charge in [0.05, 0.1) is 0 Å². The van der Waals surface area contributed by atoms with E-state index in [9.17, 15) is 0 Å². The van der Waals surface area contributed by atoms with Gasteiger partial charge in [-0.2, -0.15) is 0 Å². The largest absolute Gasteiger partial charge is 0.303 e. The third-order valence-electron chi connectivity index (χ3n) is 7.01. The van der Waals surface area contributed by atoms with E-state index >= 15 is 0 Å². The summed E-state index contributed by atoms with van der Waals surface area (Å²) in [5.41, 5.74) is 3.18. The molecule has 0 aliphatic carbocycles. The molecule has 0 aromatic carbocycles. The van der Waals surface area contributed by atoms with Gasteiger partial charge in [0.1, 0.15) is 6.54 Å². The smallest absolute Gasteiger partial charge is 0.172 e. The summed E-state index contributed by atoms with van der Waals surface area (Å²) >= 11 is 0. The summed E-state index contributed by atoms with van der Waals surface area (Å²) < 4.78 is 2.53. The van der Waals surface area contributed by atoms with E-state index in [1.165, 1.54) is 96.8 Å². The van der Waals surface area contributed by atoms with Crippen molar-refractivity contribution in [2.24, 2.45) is 5.92 Å². The molecule has 152 valence electrons. The van der Waals surface area contributed by atoms with Crippen molar-refractivity contribution in [3.05, 3.63) is 53.9 Å². The molecule has 2 nitrogen and oxygen atoms in total. The van der Waals surface area contributed by atoms with Crippen LogP contribution in [0, 0.1) is 5.92 Å². The molecule has 4 aliphatic heterocycles. The minimum absolute atomic E-state index is 0.747. The molecule has 0 radical (unpaired) electrons. The highest BCUT2D eigenvalue weighted by atomic mass is 15.1. The highest BCUT2D eigenvalue weighted by Gasteiger charge is 2.31. The number of fused-ring (bicyclic) bond motifs is 8. The number of allylic oxidation sites excluding steroid dienone is 4. The quantitative estimate of drug-likeness (QED) is 0.422. The van der Waals surface area contributed by atoms with Crippen molar-refractivity contribution >= 4 is 0 Å². The normalized spacial score (nSPS) is 31.8. The van der Waals surface area contributed by atoms with Crippen molar-refractivity contribution in [2.45, 2.75) is 83.1 Å². The van der Waals surface area contributed by atoms with E-state index in [0.29, 0.717) is 0 Å². The first-order chi connectivity index (χ1) is 13.9. The second-order valence-electron chi connectivity index (χ2n) is 9.22. The average molecular weight is 380 g/mol. The fourth-order valence-electron chi connectivity index (χ4n) is 5.43. The van der Waals surface area contributed by atoms with Crippen molar-refractivity contribution in [3.8, 4) is 0 Å². The molecule has 5 rings (SSSR count). The van der Waals surface area contributed by atoms with Gasteiger partial charge in [0, 0.05) is 24.1 Å². The highest BCUT2D eigenvalue weighted by molar-refractivity contribution is 5.22. The first-order valence-corrected chi connectivity index (χ1v) is 11.9. The number of rotatable bonds is 0. The molecule has 2 heteroatoms. The maximum absolute atomic E-state index is 2.77. The molecule has 1 aromatic heterocycles. The molecule has 0 amide bonds. The number of aromatic nitrogens is 1. The SMILES string of the molecule is C1=C\CCc2cc3c[n+](c2)CCCC/C=C\CC[C@@H]2CN(CCCC/1)CC[C@@H]32. The van der Waals surface area contributed by atoms with Crippen molar-refractivity contribution in [1.82, 2.24) is 4.90 Å². The summed E-state index contributed by atoms with van der Waals surface area (Å²) in [4.78, 5) is 2.77. The van der Waals surface area contributed by atoms with E-state index in [4.69, 9.17) is 0 Å². The van der Waals surface area contributed by atoms with Crippen molar-refractivity contribution in [3.63, 3.8) is 0 Å². The third kappa shape index (κ3) is 5.56. The van der Waals surface area contributed by atoms with Crippen LogP contribution in [0.4, 0.5) is 0 Å². The zero-order valence-electron chi connectivity index (χ0n) is 17.7. The Kier molecular flexibility index (Phi) is 7.38. The topological polar surface area (TPSA) is 7.12 Å². The lowest BCUT2D eigenvalue weighted by Gasteiger charge is -2.38. The Morgan fingerprint density at radius 2 is 1.61 bits per heavy atom. The molecule has 0 spiro atoms. The van der Waals surface area contributed by atoms with E-state index in [0.717, 1.165) is 11.8 Å². The van der Waals surface area contributed by atoms with Gasteiger partial charge >= 0.3 is 0 Å². The predicted octanol–water partition coefficient (Wildman–Crippen LogP) is 5.57. The first-order valence-electron chi connectivity index (χ1n) is 11.9. The van der Waals surface area contributed by atoms with Crippen LogP contribution in [-0.4, -0.2) is 24.5 Å². The van der Waals surface area contributed by atoms with Crippen LogP contribution in [0.15, 0.2) is 42.8 Å². The van der Waals surface area contributed by atoms with Crippen LogP contribution in [0.1, 0.15) is 81.3 Å². The number of nitrogens with zero attached hydrogens (tertiary/aromatic N) is 2. The Morgan fingerprint density at radius 1 is 0.786 bits per heavy atom. The monoisotopic (exact) mass is 379 g/mol. The maximum Gasteiger partial charge on any atom is 0.172 e. The molecule has 28 heavy (non-hydrogen) atoms. The van der Waals surface area contributed by atoms with Crippen LogP contribution in [-0.2, 0) is 13.0 Å². The first kappa shape index (κ1) is 19.9. The Balaban J connectivity index is 1.65. The van der Waals surface area contributed by atoms with Crippen LogP contribution in [0.3, 0.4) is 0 Å². The molecular weight excluding hydrogens is 340 g/mol. The second-order valence-corrected chi connectivity index (χ2v) is 9.22. The summed E-state index contributed by atoms with van der Waals surface area (Å²) in [6.45, 7) is 5.07. The van der Waals surface area contributed by atoms with Gasteiger partial charge in [-0.25, -0.2) is 4.57 Å².